The topological polar surface area (TPSA) is 160 Å². The van der Waals surface area contributed by atoms with Gasteiger partial charge in [-0.15, -0.1) is 0 Å². The standard InChI is InChI=1S/C78H70N6O8/c1-9-81(10-2)59-29-25-53-35-63(75(85)89-71(53)43-59)47-17-19-48(20-18-47)67-39-57(40-68(79-67)52-24-22-49-33-51(23-21-50(49)34-52)64-36-54-26-30-60(82(11-3)12-4)44-72(54)90-76(64)86)58-41-69(65-37-55-27-31-61(83(13-5)14-6)45-73(55)91-77(65)87)80-70(42-58)66-38-56-28-32-62(84(15-7)16-8)46-74(56)92-78(66)88/h17-46H,9-16H2,1-8H3. The van der Waals surface area contributed by atoms with Gasteiger partial charge in [0.1, 0.15) is 22.3 Å². The third-order valence-electron chi connectivity index (χ3n) is 17.9. The molecule has 92 heavy (non-hydrogen) atoms. The van der Waals surface area contributed by atoms with E-state index in [0.717, 1.165) is 113 Å². The Bertz CT molecular complexity index is 5120. The van der Waals surface area contributed by atoms with E-state index in [4.69, 9.17) is 27.6 Å². The van der Waals surface area contributed by atoms with Gasteiger partial charge in [-0.25, -0.2) is 29.1 Å². The number of nitrogens with zero attached hydrogens (tertiary/aromatic N) is 6. The molecule has 0 amide bonds. The zero-order valence-corrected chi connectivity index (χ0v) is 52.9. The van der Waals surface area contributed by atoms with Crippen molar-refractivity contribution in [2.75, 3.05) is 72.0 Å². The number of pyridine rings is 2. The number of benzene rings is 7. The Kier molecular flexibility index (Phi) is 16.5. The maximum absolute atomic E-state index is 14.4. The van der Waals surface area contributed by atoms with Crippen molar-refractivity contribution < 1.29 is 17.7 Å². The molecule has 13 aromatic rings. The first kappa shape index (κ1) is 60.1. The number of hydrogen-bond donors (Lipinski definition) is 0. The summed E-state index contributed by atoms with van der Waals surface area (Å²) < 4.78 is 24.2. The van der Waals surface area contributed by atoms with Gasteiger partial charge in [0.2, 0.25) is 0 Å². The van der Waals surface area contributed by atoms with Crippen molar-refractivity contribution in [3.8, 4) is 78.4 Å². The summed E-state index contributed by atoms with van der Waals surface area (Å²) in [6.07, 6.45) is 0. The van der Waals surface area contributed by atoms with Crippen LogP contribution in [0.25, 0.3) is 133 Å². The van der Waals surface area contributed by atoms with Crippen LogP contribution in [0.1, 0.15) is 55.4 Å². The lowest BCUT2D eigenvalue weighted by Gasteiger charge is -2.21. The van der Waals surface area contributed by atoms with Crippen molar-refractivity contribution in [3.63, 3.8) is 0 Å². The molecular formula is C78H70N6O8. The zero-order chi connectivity index (χ0) is 63.9. The van der Waals surface area contributed by atoms with Gasteiger partial charge in [0.25, 0.3) is 0 Å². The van der Waals surface area contributed by atoms with Crippen LogP contribution < -0.4 is 42.1 Å². The third kappa shape index (κ3) is 11.5. The fourth-order valence-electron chi connectivity index (χ4n) is 12.7. The minimum absolute atomic E-state index is 0.206. The van der Waals surface area contributed by atoms with E-state index in [0.29, 0.717) is 72.3 Å². The molecule has 0 saturated heterocycles. The molecule has 0 atom stereocenters. The Morgan fingerprint density at radius 3 is 0.902 bits per heavy atom. The molecule has 13 rings (SSSR count). The molecule has 14 nitrogen and oxygen atoms in total. The molecule has 0 spiro atoms. The molecule has 0 radical (unpaired) electrons. The Balaban J connectivity index is 0.961. The molecule has 6 aromatic heterocycles. The average molecular weight is 1220 g/mol. The van der Waals surface area contributed by atoms with Gasteiger partial charge in [-0.2, -0.15) is 0 Å². The molecule has 14 heteroatoms. The van der Waals surface area contributed by atoms with E-state index < -0.39 is 22.5 Å². The lowest BCUT2D eigenvalue weighted by Crippen LogP contribution is -2.21. The van der Waals surface area contributed by atoms with Gasteiger partial charge in [-0.05, 0) is 198 Å². The van der Waals surface area contributed by atoms with Gasteiger partial charge in [0, 0.05) is 132 Å². The smallest absolute Gasteiger partial charge is 0.345 e. The SMILES string of the molecule is CCN(CC)c1ccc2cc(-c3ccc(-c4cc(-c5cc(-c6cc7ccc(N(CC)CC)cc7oc6=O)nc(-c6cc7ccc(N(CC)CC)cc7oc6=O)c5)cc(-c5ccc6cc(-c7cc8ccc(N(CC)CC)cc8oc7=O)ccc6c5)n4)cc3)c(=O)oc2c1. The van der Waals surface area contributed by atoms with Gasteiger partial charge in [-0.3, -0.25) is 0 Å². The first-order valence-electron chi connectivity index (χ1n) is 31.8. The molecular weight excluding hydrogens is 1150 g/mol. The molecule has 0 fully saturated rings. The number of rotatable bonds is 19. The van der Waals surface area contributed by atoms with E-state index >= 15 is 0 Å². The molecule has 0 aliphatic rings. The van der Waals surface area contributed by atoms with Crippen LogP contribution >= 0.6 is 0 Å². The van der Waals surface area contributed by atoms with Crippen LogP contribution in [0.4, 0.5) is 22.7 Å². The van der Waals surface area contributed by atoms with Crippen molar-refractivity contribution >= 4 is 77.4 Å². The summed E-state index contributed by atoms with van der Waals surface area (Å²) in [5, 5.41) is 4.85. The van der Waals surface area contributed by atoms with E-state index in [1.165, 1.54) is 0 Å². The van der Waals surface area contributed by atoms with E-state index in [2.05, 4.69) is 87.1 Å². The van der Waals surface area contributed by atoms with Crippen molar-refractivity contribution in [2.45, 2.75) is 55.4 Å². The Morgan fingerprint density at radius 2 is 0.522 bits per heavy atom. The maximum atomic E-state index is 14.4. The first-order valence-corrected chi connectivity index (χ1v) is 31.8. The Morgan fingerprint density at radius 1 is 0.250 bits per heavy atom. The van der Waals surface area contributed by atoms with Crippen LogP contribution in [0.5, 0.6) is 0 Å². The highest BCUT2D eigenvalue weighted by molar-refractivity contribution is 5.94. The molecule has 7 aromatic carbocycles. The Hall–Kier alpha value is -10.9. The average Bonchev–Trinajstić information content (AvgIpc) is 0.814. The molecule has 0 N–H and O–H groups in total. The molecule has 0 aliphatic heterocycles. The number of fused-ring (bicyclic) bond motifs is 5. The van der Waals surface area contributed by atoms with Gasteiger partial charge in [0.15, 0.2) is 0 Å². The van der Waals surface area contributed by atoms with Gasteiger partial charge >= 0.3 is 22.5 Å². The highest BCUT2D eigenvalue weighted by Gasteiger charge is 2.21. The summed E-state index contributed by atoms with van der Waals surface area (Å²) in [5.41, 5.74) is 11.1. The summed E-state index contributed by atoms with van der Waals surface area (Å²) in [6.45, 7) is 23.2. The summed E-state index contributed by atoms with van der Waals surface area (Å²) in [6, 6.07) is 58.3. The second-order valence-corrected chi connectivity index (χ2v) is 23.0. The number of anilines is 4. The van der Waals surface area contributed by atoms with E-state index in [1.54, 1.807) is 12.1 Å². The predicted molar refractivity (Wildman–Crippen MR) is 376 cm³/mol. The normalized spacial score (nSPS) is 11.6. The molecule has 0 unspecified atom stereocenters. The highest BCUT2D eigenvalue weighted by Crippen LogP contribution is 2.38. The summed E-state index contributed by atoms with van der Waals surface area (Å²) in [4.78, 5) is 75.7. The van der Waals surface area contributed by atoms with Crippen molar-refractivity contribution in [2.24, 2.45) is 0 Å². The maximum Gasteiger partial charge on any atom is 0.345 e. The largest absolute Gasteiger partial charge is 0.422 e. The lowest BCUT2D eigenvalue weighted by atomic mass is 9.95. The van der Waals surface area contributed by atoms with Crippen LogP contribution in [0.15, 0.2) is 219 Å². The van der Waals surface area contributed by atoms with Crippen LogP contribution in [0.3, 0.4) is 0 Å². The van der Waals surface area contributed by atoms with Crippen LogP contribution in [0.2, 0.25) is 0 Å². The van der Waals surface area contributed by atoms with Gasteiger partial charge < -0.3 is 37.3 Å². The second-order valence-electron chi connectivity index (χ2n) is 23.0. The number of hydrogen-bond acceptors (Lipinski definition) is 14. The highest BCUT2D eigenvalue weighted by atomic mass is 16.4. The van der Waals surface area contributed by atoms with Gasteiger partial charge in [0.05, 0.1) is 45.0 Å². The van der Waals surface area contributed by atoms with Gasteiger partial charge in [-0.1, -0.05) is 48.5 Å². The molecule has 0 aliphatic carbocycles. The van der Waals surface area contributed by atoms with Crippen LogP contribution in [-0.4, -0.2) is 62.3 Å². The molecule has 0 saturated carbocycles. The fourth-order valence-corrected chi connectivity index (χ4v) is 12.7. The summed E-state index contributed by atoms with van der Waals surface area (Å²) in [7, 11) is 0. The third-order valence-corrected chi connectivity index (χ3v) is 17.9. The van der Waals surface area contributed by atoms with E-state index in [-0.39, 0.29) is 22.5 Å². The summed E-state index contributed by atoms with van der Waals surface area (Å²) >= 11 is 0. The second kappa shape index (κ2) is 25.2. The quantitative estimate of drug-likeness (QED) is 0.0704. The van der Waals surface area contributed by atoms with E-state index in [9.17, 15) is 19.2 Å². The monoisotopic (exact) mass is 1220 g/mol. The minimum Gasteiger partial charge on any atom is -0.422 e. The lowest BCUT2D eigenvalue weighted by molar-refractivity contribution is 0.562. The molecule has 460 valence electrons. The van der Waals surface area contributed by atoms with Crippen molar-refractivity contribution in [3.05, 3.63) is 224 Å². The van der Waals surface area contributed by atoms with Crippen LogP contribution in [-0.2, 0) is 0 Å². The minimum atomic E-state index is -0.592. The van der Waals surface area contributed by atoms with Crippen molar-refractivity contribution in [1.82, 2.24) is 9.97 Å². The number of aromatic nitrogens is 2. The first-order chi connectivity index (χ1) is 44.8. The Labute approximate surface area is 531 Å². The predicted octanol–water partition coefficient (Wildman–Crippen LogP) is 17.1. The van der Waals surface area contributed by atoms with Crippen molar-refractivity contribution in [1.29, 1.82) is 0 Å². The van der Waals surface area contributed by atoms with E-state index in [1.807, 2.05) is 158 Å². The summed E-state index contributed by atoms with van der Waals surface area (Å²) in [5.74, 6) is 0. The molecule has 6 heterocycles. The fraction of sp³-hybridized carbons (Fsp3) is 0.205. The zero-order valence-electron chi connectivity index (χ0n) is 52.9. The molecule has 0 bridgehead atoms. The van der Waals surface area contributed by atoms with Crippen LogP contribution in [0, 0.1) is 0 Å².